The van der Waals surface area contributed by atoms with Crippen LogP contribution >= 0.6 is 0 Å². The molecule has 0 spiro atoms. The standard InChI is InChI=1S/C80H89N4O.Pt/c1-74(2,3)52-33-32-48-37-54(76(7,8)9)47-69(63(48)44-52)84-67-30-23-22-26-61(67)62-29-24-28-60(71(62)84)49-34-35-81-66(40-49)51-36-50(38-53(39-51)75(4,5)6)59-27-25-31-68-70(59)82-73(64-45-57(79(16,17)18)46-65(72(64)85)80(19,20)21)83(68)58-42-55(77(10,11)12)41-56(43-58)78(13,14)15;/h22-35,37-47,85H,1-21H3;/q-1;. The van der Waals surface area contributed by atoms with E-state index in [1.54, 1.807) is 0 Å². The number of aromatic hydroxyl groups is 1. The Morgan fingerprint density at radius 2 is 0.953 bits per heavy atom. The van der Waals surface area contributed by atoms with Crippen LogP contribution in [0.15, 0.2) is 152 Å². The van der Waals surface area contributed by atoms with Gasteiger partial charge >= 0.3 is 0 Å². The molecule has 8 aromatic carbocycles. The van der Waals surface area contributed by atoms with Crippen LogP contribution in [0, 0.1) is 6.07 Å². The van der Waals surface area contributed by atoms with Crippen molar-refractivity contribution >= 4 is 43.6 Å². The Hall–Kier alpha value is -7.07. The van der Waals surface area contributed by atoms with Crippen LogP contribution in [-0.2, 0) is 59.0 Å². The van der Waals surface area contributed by atoms with E-state index in [0.717, 1.165) is 66.9 Å². The Balaban J connectivity index is 0.00000820. The molecule has 3 heterocycles. The van der Waals surface area contributed by atoms with Gasteiger partial charge in [-0.25, -0.2) is 4.98 Å². The maximum Gasteiger partial charge on any atom is 0.148 e. The Morgan fingerprint density at radius 1 is 0.407 bits per heavy atom. The number of para-hydroxylation sites is 3. The molecule has 5 nitrogen and oxygen atoms in total. The van der Waals surface area contributed by atoms with Gasteiger partial charge in [-0.1, -0.05) is 241 Å². The first-order valence-electron chi connectivity index (χ1n) is 30.7. The third-order valence-electron chi connectivity index (χ3n) is 17.6. The molecular formula is C80H89N4OPt-. The van der Waals surface area contributed by atoms with Crippen LogP contribution in [0.2, 0.25) is 0 Å². The average Bonchev–Trinajstić information content (AvgIpc) is 1.68. The third kappa shape index (κ3) is 11.4. The zero-order chi connectivity index (χ0) is 61.5. The number of aromatic nitrogens is 4. The van der Waals surface area contributed by atoms with E-state index in [1.165, 1.54) is 60.6 Å². The van der Waals surface area contributed by atoms with Crippen LogP contribution in [0.25, 0.3) is 99.9 Å². The minimum atomic E-state index is -0.341. The third-order valence-corrected chi connectivity index (χ3v) is 17.6. The molecule has 0 aliphatic rings. The normalized spacial score (nSPS) is 13.1. The van der Waals surface area contributed by atoms with Crippen LogP contribution in [0.5, 0.6) is 5.75 Å². The summed E-state index contributed by atoms with van der Waals surface area (Å²) in [4.78, 5) is 11.0. The molecule has 6 heteroatoms. The van der Waals surface area contributed by atoms with E-state index in [9.17, 15) is 5.11 Å². The van der Waals surface area contributed by atoms with E-state index in [1.807, 2.05) is 6.20 Å². The summed E-state index contributed by atoms with van der Waals surface area (Å²) in [6.07, 6.45) is 1.97. The summed E-state index contributed by atoms with van der Waals surface area (Å²) in [5, 5.41) is 17.6. The molecule has 3 aromatic heterocycles. The molecule has 86 heavy (non-hydrogen) atoms. The van der Waals surface area contributed by atoms with Gasteiger partial charge in [-0.15, -0.1) is 29.3 Å². The van der Waals surface area contributed by atoms with E-state index < -0.39 is 0 Å². The number of hydrogen-bond acceptors (Lipinski definition) is 3. The van der Waals surface area contributed by atoms with Gasteiger partial charge in [0.05, 0.1) is 33.3 Å². The van der Waals surface area contributed by atoms with Crippen molar-refractivity contribution in [1.82, 2.24) is 19.1 Å². The van der Waals surface area contributed by atoms with Gasteiger partial charge in [0.1, 0.15) is 11.6 Å². The Labute approximate surface area is 527 Å². The van der Waals surface area contributed by atoms with Crippen molar-refractivity contribution in [2.75, 3.05) is 0 Å². The quantitative estimate of drug-likeness (QED) is 0.169. The van der Waals surface area contributed by atoms with Crippen LogP contribution in [-0.4, -0.2) is 24.2 Å². The number of hydrogen-bond donors (Lipinski definition) is 1. The number of phenols is 1. The summed E-state index contributed by atoms with van der Waals surface area (Å²) >= 11 is 0. The second-order valence-electron chi connectivity index (χ2n) is 31.5. The van der Waals surface area contributed by atoms with Gasteiger partial charge in [-0.3, -0.25) is 9.55 Å². The zero-order valence-electron chi connectivity index (χ0n) is 55.0. The van der Waals surface area contributed by atoms with Crippen molar-refractivity contribution in [2.24, 2.45) is 0 Å². The Morgan fingerprint density at radius 3 is 1.58 bits per heavy atom. The molecule has 446 valence electrons. The zero-order valence-corrected chi connectivity index (χ0v) is 57.3. The van der Waals surface area contributed by atoms with Crippen molar-refractivity contribution in [3.63, 3.8) is 0 Å². The SMILES string of the molecule is CC(C)(C)c1cc(-c2cc(-c3cccc4c5ccccc5n(-c5cc(C(C)(C)C)cc6ccc(C(C)(C)C)cc56)c34)ccn2)[c-]c(-c2cccc3c2nc(-c2cc(C(C)(C)C)cc(C(C)(C)C)c2O)n3-c2cc(C(C)(C)C)cc(C(C)(C)C)c2)c1.[Pt]. The van der Waals surface area contributed by atoms with Crippen molar-refractivity contribution in [3.8, 4) is 62.0 Å². The minimum Gasteiger partial charge on any atom is -0.507 e. The molecule has 0 atom stereocenters. The van der Waals surface area contributed by atoms with Gasteiger partial charge in [0.2, 0.25) is 0 Å². The van der Waals surface area contributed by atoms with Gasteiger partial charge < -0.3 is 9.67 Å². The molecule has 11 aromatic rings. The Kier molecular flexibility index (Phi) is 15.4. The molecule has 0 fully saturated rings. The fourth-order valence-corrected chi connectivity index (χ4v) is 12.1. The predicted molar refractivity (Wildman–Crippen MR) is 364 cm³/mol. The minimum absolute atomic E-state index is 0. The molecule has 0 radical (unpaired) electrons. The molecule has 0 unspecified atom stereocenters. The molecule has 0 saturated carbocycles. The van der Waals surface area contributed by atoms with Crippen LogP contribution in [0.1, 0.15) is 184 Å². The van der Waals surface area contributed by atoms with E-state index >= 15 is 0 Å². The van der Waals surface area contributed by atoms with Crippen molar-refractivity contribution in [3.05, 3.63) is 197 Å². The summed E-state index contributed by atoms with van der Waals surface area (Å²) in [5.74, 6) is 0.956. The summed E-state index contributed by atoms with van der Waals surface area (Å²) in [6, 6.07) is 58.5. The molecule has 0 aliphatic carbocycles. The van der Waals surface area contributed by atoms with Crippen LogP contribution in [0.3, 0.4) is 0 Å². The monoisotopic (exact) mass is 1320 g/mol. The molecule has 1 N–H and O–H groups in total. The van der Waals surface area contributed by atoms with E-state index in [2.05, 4.69) is 306 Å². The van der Waals surface area contributed by atoms with Crippen LogP contribution in [0.4, 0.5) is 0 Å². The van der Waals surface area contributed by atoms with Crippen molar-refractivity contribution < 1.29 is 26.2 Å². The first kappa shape index (κ1) is 62.0. The second kappa shape index (κ2) is 21.4. The summed E-state index contributed by atoms with van der Waals surface area (Å²) in [7, 11) is 0. The van der Waals surface area contributed by atoms with E-state index in [4.69, 9.17) is 9.97 Å². The number of rotatable bonds is 6. The molecule has 0 saturated heterocycles. The average molecular weight is 1320 g/mol. The van der Waals surface area contributed by atoms with Crippen LogP contribution < -0.4 is 0 Å². The van der Waals surface area contributed by atoms with Gasteiger partial charge in [-0.05, 0) is 125 Å². The van der Waals surface area contributed by atoms with E-state index in [-0.39, 0.29) is 64.7 Å². The van der Waals surface area contributed by atoms with Gasteiger partial charge in [0.25, 0.3) is 0 Å². The Bertz CT molecular complexity index is 4420. The molecule has 0 aliphatic heterocycles. The molecular weight excluding hydrogens is 1230 g/mol. The fraction of sp³-hybridized carbons (Fsp3) is 0.350. The number of fused-ring (bicyclic) bond motifs is 5. The van der Waals surface area contributed by atoms with E-state index in [0.29, 0.717) is 11.4 Å². The number of benzene rings is 8. The molecule has 11 rings (SSSR count). The summed E-state index contributed by atoms with van der Waals surface area (Å²) in [5.41, 5.74) is 20.0. The first-order chi connectivity index (χ1) is 39.5. The number of pyridine rings is 1. The topological polar surface area (TPSA) is 55.9 Å². The summed E-state index contributed by atoms with van der Waals surface area (Å²) in [6.45, 7) is 47.7. The predicted octanol–water partition coefficient (Wildman–Crippen LogP) is 21.9. The maximum absolute atomic E-state index is 12.7. The van der Waals surface area contributed by atoms with Crippen molar-refractivity contribution in [1.29, 1.82) is 0 Å². The molecule has 0 amide bonds. The first-order valence-corrected chi connectivity index (χ1v) is 30.7. The fourth-order valence-electron chi connectivity index (χ4n) is 12.1. The second-order valence-corrected chi connectivity index (χ2v) is 31.5. The van der Waals surface area contributed by atoms with Crippen molar-refractivity contribution in [2.45, 2.75) is 183 Å². The molecule has 0 bridgehead atoms. The number of nitrogens with zero attached hydrogens (tertiary/aromatic N) is 4. The van der Waals surface area contributed by atoms with Gasteiger partial charge in [-0.2, -0.15) is 0 Å². The largest absolute Gasteiger partial charge is 0.507 e. The number of phenolic OH excluding ortho intramolecular Hbond substituents is 1. The maximum atomic E-state index is 12.7. The van der Waals surface area contributed by atoms with Gasteiger partial charge in [0.15, 0.2) is 0 Å². The van der Waals surface area contributed by atoms with Gasteiger partial charge in [0, 0.05) is 65.9 Å². The number of imidazole rings is 1. The smallest absolute Gasteiger partial charge is 0.148 e. The summed E-state index contributed by atoms with van der Waals surface area (Å²) < 4.78 is 4.84.